The molecule has 1 atom stereocenters. The van der Waals surface area contributed by atoms with Crippen molar-refractivity contribution in [2.75, 3.05) is 0 Å². The van der Waals surface area contributed by atoms with E-state index in [1.807, 2.05) is 0 Å². The van der Waals surface area contributed by atoms with Crippen molar-refractivity contribution in [2.45, 2.75) is 59.8 Å². The second-order valence-corrected chi connectivity index (χ2v) is 8.82. The molecule has 0 amide bonds. The van der Waals surface area contributed by atoms with Gasteiger partial charge in [0.1, 0.15) is 0 Å². The minimum atomic E-state index is 0.204. The third-order valence-corrected chi connectivity index (χ3v) is 5.07. The zero-order valence-corrected chi connectivity index (χ0v) is 15.0. The molecule has 0 N–H and O–H groups in total. The molecule has 0 saturated heterocycles. The molecule has 0 spiro atoms. The first kappa shape index (κ1) is 15.3. The van der Waals surface area contributed by atoms with Crippen molar-refractivity contribution in [3.8, 4) is 0 Å². The average Bonchev–Trinajstić information content (AvgIpc) is 2.70. The third-order valence-electron chi connectivity index (χ3n) is 5.07. The van der Waals surface area contributed by atoms with Gasteiger partial charge in [-0.05, 0) is 51.2 Å². The fourth-order valence-electron chi connectivity index (χ4n) is 3.46. The topological polar surface area (TPSA) is 0 Å². The summed E-state index contributed by atoms with van der Waals surface area (Å²) in [6, 6.07) is 7.07. The highest BCUT2D eigenvalue weighted by molar-refractivity contribution is 5.82. The van der Waals surface area contributed by atoms with E-state index in [-0.39, 0.29) is 10.8 Å². The summed E-state index contributed by atoms with van der Waals surface area (Å²) in [4.78, 5) is 0. The number of hydrogen-bond acceptors (Lipinski definition) is 0. The molecule has 1 unspecified atom stereocenters. The highest BCUT2D eigenvalue weighted by Gasteiger charge is 2.31. The van der Waals surface area contributed by atoms with Crippen LogP contribution in [0.4, 0.5) is 0 Å². The molecule has 0 saturated carbocycles. The molecule has 0 aromatic heterocycles. The number of fused-ring (bicyclic) bond motifs is 3. The van der Waals surface area contributed by atoms with Crippen LogP contribution in [-0.2, 0) is 5.41 Å². The largest absolute Gasteiger partial charge is 0.0723 e. The summed E-state index contributed by atoms with van der Waals surface area (Å²) in [7, 11) is 0. The molecule has 0 heterocycles. The van der Waals surface area contributed by atoms with Crippen molar-refractivity contribution in [3.05, 3.63) is 64.3 Å². The van der Waals surface area contributed by atoms with Gasteiger partial charge >= 0.3 is 0 Å². The normalized spacial score (nSPS) is 20.9. The number of rotatable bonds is 0. The third kappa shape index (κ3) is 2.39. The Morgan fingerprint density at radius 2 is 1.59 bits per heavy atom. The molecule has 1 aromatic carbocycles. The molecule has 0 heteroatoms. The van der Waals surface area contributed by atoms with Gasteiger partial charge in [-0.1, -0.05) is 78.0 Å². The van der Waals surface area contributed by atoms with Crippen LogP contribution in [0.25, 0.3) is 5.57 Å². The van der Waals surface area contributed by atoms with Crippen molar-refractivity contribution in [2.24, 2.45) is 5.41 Å². The number of hydrogen-bond donors (Lipinski definition) is 0. The van der Waals surface area contributed by atoms with Gasteiger partial charge in [0.05, 0.1) is 0 Å². The lowest BCUT2D eigenvalue weighted by molar-refractivity contribution is 0.514. The average molecular weight is 292 g/mol. The van der Waals surface area contributed by atoms with Crippen molar-refractivity contribution >= 4 is 5.57 Å². The zero-order valence-electron chi connectivity index (χ0n) is 15.0. The minimum Gasteiger partial charge on any atom is -0.0723 e. The quantitative estimate of drug-likeness (QED) is 0.519. The maximum Gasteiger partial charge on any atom is 0.0281 e. The van der Waals surface area contributed by atoms with Crippen LogP contribution in [-0.4, -0.2) is 0 Å². The van der Waals surface area contributed by atoms with Crippen molar-refractivity contribution in [1.29, 1.82) is 0 Å². The van der Waals surface area contributed by atoms with Gasteiger partial charge in [0, 0.05) is 5.92 Å². The van der Waals surface area contributed by atoms with Gasteiger partial charge in [0.25, 0.3) is 0 Å². The van der Waals surface area contributed by atoms with Gasteiger partial charge in [-0.3, -0.25) is 0 Å². The summed E-state index contributed by atoms with van der Waals surface area (Å²) in [5.41, 5.74) is 9.14. The summed E-state index contributed by atoms with van der Waals surface area (Å²) in [5.74, 6) is 0.454. The van der Waals surface area contributed by atoms with Gasteiger partial charge in [-0.2, -0.15) is 0 Å². The van der Waals surface area contributed by atoms with E-state index in [2.05, 4.69) is 84.9 Å². The molecule has 3 rings (SSSR count). The van der Waals surface area contributed by atoms with E-state index in [4.69, 9.17) is 0 Å². The van der Waals surface area contributed by atoms with E-state index in [9.17, 15) is 0 Å². The Bertz CT molecular complexity index is 709. The standard InChI is InChI=1S/C22H28/c1-14-19-12-15(21(2,3)4)8-10-17(19)18-11-9-16(13-20(14)18)22(5,6)7/h8-13,17H,1-7H3. The molecule has 0 radical (unpaired) electrons. The number of benzene rings is 1. The lowest BCUT2D eigenvalue weighted by Crippen LogP contribution is -2.12. The molecule has 0 aliphatic heterocycles. The fraction of sp³-hybridized carbons (Fsp3) is 0.455. The zero-order chi connectivity index (χ0) is 16.3. The maximum absolute atomic E-state index is 2.43. The predicted octanol–water partition coefficient (Wildman–Crippen LogP) is 6.40. The van der Waals surface area contributed by atoms with E-state index < -0.39 is 0 Å². The molecule has 116 valence electrons. The second-order valence-electron chi connectivity index (χ2n) is 8.82. The van der Waals surface area contributed by atoms with Crippen molar-refractivity contribution < 1.29 is 0 Å². The van der Waals surface area contributed by atoms with Crippen LogP contribution in [0.5, 0.6) is 0 Å². The Kier molecular flexibility index (Phi) is 3.29. The van der Waals surface area contributed by atoms with Gasteiger partial charge in [0.15, 0.2) is 0 Å². The predicted molar refractivity (Wildman–Crippen MR) is 97.2 cm³/mol. The van der Waals surface area contributed by atoms with E-state index in [1.54, 1.807) is 0 Å². The molecule has 1 aromatic rings. The fourth-order valence-corrected chi connectivity index (χ4v) is 3.46. The maximum atomic E-state index is 2.43. The second kappa shape index (κ2) is 4.72. The first-order valence-electron chi connectivity index (χ1n) is 8.35. The Hall–Kier alpha value is -1.56. The van der Waals surface area contributed by atoms with Gasteiger partial charge in [-0.15, -0.1) is 0 Å². The Balaban J connectivity index is 2.12. The first-order chi connectivity index (χ1) is 10.1. The van der Waals surface area contributed by atoms with Gasteiger partial charge in [-0.25, -0.2) is 0 Å². The van der Waals surface area contributed by atoms with E-state index in [0.717, 1.165) is 0 Å². The van der Waals surface area contributed by atoms with Crippen LogP contribution in [0.3, 0.4) is 0 Å². The van der Waals surface area contributed by atoms with Crippen LogP contribution >= 0.6 is 0 Å². The van der Waals surface area contributed by atoms with Crippen molar-refractivity contribution in [1.82, 2.24) is 0 Å². The molecule has 0 fully saturated rings. The van der Waals surface area contributed by atoms with Crippen LogP contribution in [0, 0.1) is 5.41 Å². The van der Waals surface area contributed by atoms with Gasteiger partial charge in [0.2, 0.25) is 0 Å². The molecule has 2 aliphatic carbocycles. The molecule has 0 nitrogen and oxygen atoms in total. The molecule has 2 aliphatic rings. The number of allylic oxidation sites excluding steroid dienone is 6. The smallest absolute Gasteiger partial charge is 0.0281 e. The van der Waals surface area contributed by atoms with Crippen LogP contribution < -0.4 is 0 Å². The van der Waals surface area contributed by atoms with Crippen LogP contribution in [0.1, 0.15) is 71.1 Å². The lowest BCUT2D eigenvalue weighted by atomic mass is 9.79. The van der Waals surface area contributed by atoms with E-state index in [0.29, 0.717) is 5.92 Å². The highest BCUT2D eigenvalue weighted by Crippen LogP contribution is 2.48. The summed E-state index contributed by atoms with van der Waals surface area (Å²) >= 11 is 0. The van der Waals surface area contributed by atoms with Crippen LogP contribution in [0.15, 0.2) is 47.6 Å². The Morgan fingerprint density at radius 1 is 0.909 bits per heavy atom. The van der Waals surface area contributed by atoms with Crippen molar-refractivity contribution in [3.63, 3.8) is 0 Å². The minimum absolute atomic E-state index is 0.204. The highest BCUT2D eigenvalue weighted by atomic mass is 14.3. The first-order valence-corrected chi connectivity index (χ1v) is 8.35. The molecular formula is C22H28. The monoisotopic (exact) mass is 292 g/mol. The molecular weight excluding hydrogens is 264 g/mol. The van der Waals surface area contributed by atoms with E-state index in [1.165, 1.54) is 33.4 Å². The SMILES string of the molecule is CC1=C2C=C(C(C)(C)C)C=CC2c2ccc(C(C)(C)C)cc21. The van der Waals surface area contributed by atoms with Gasteiger partial charge < -0.3 is 0 Å². The molecule has 0 bridgehead atoms. The summed E-state index contributed by atoms with van der Waals surface area (Å²) in [6.45, 7) is 16.0. The Labute approximate surface area is 135 Å². The lowest BCUT2D eigenvalue weighted by Gasteiger charge is -2.25. The summed E-state index contributed by atoms with van der Waals surface area (Å²) in [5, 5.41) is 0. The molecule has 22 heavy (non-hydrogen) atoms. The Morgan fingerprint density at radius 3 is 2.18 bits per heavy atom. The summed E-state index contributed by atoms with van der Waals surface area (Å²) < 4.78 is 0. The summed E-state index contributed by atoms with van der Waals surface area (Å²) in [6.07, 6.45) is 7.15. The van der Waals surface area contributed by atoms with Crippen LogP contribution in [0.2, 0.25) is 0 Å². The van der Waals surface area contributed by atoms with E-state index >= 15 is 0 Å².